The smallest absolute Gasteiger partial charge is 0.263 e. The van der Waals surface area contributed by atoms with Gasteiger partial charge in [0.1, 0.15) is 10.9 Å². The lowest BCUT2D eigenvalue weighted by atomic mass is 9.99. The first-order valence-corrected chi connectivity index (χ1v) is 14.4. The molecule has 0 aliphatic carbocycles. The molecular weight excluding hydrogens is 543 g/mol. The van der Waals surface area contributed by atoms with E-state index in [4.69, 9.17) is 23.2 Å². The summed E-state index contributed by atoms with van der Waals surface area (Å²) < 4.78 is 26.1. The van der Waals surface area contributed by atoms with Gasteiger partial charge in [0.15, 0.2) is 0 Å². The molecule has 2 aliphatic rings. The van der Waals surface area contributed by atoms with Crippen LogP contribution in [0.2, 0.25) is 10.0 Å². The number of nitrogens with one attached hydrogen (secondary N) is 2. The maximum atomic E-state index is 13.1. The van der Waals surface area contributed by atoms with Crippen molar-refractivity contribution in [2.24, 2.45) is 0 Å². The molecular formula is C23H22Cl2N6O3S2. The van der Waals surface area contributed by atoms with E-state index in [2.05, 4.69) is 20.0 Å². The topological polar surface area (TPSA) is 108 Å². The molecule has 1 aromatic heterocycles. The molecule has 0 radical (unpaired) electrons. The first kappa shape index (κ1) is 25.2. The maximum absolute atomic E-state index is 13.1. The van der Waals surface area contributed by atoms with Crippen molar-refractivity contribution < 1.29 is 13.2 Å². The first-order chi connectivity index (χ1) is 17.2. The quantitative estimate of drug-likeness (QED) is 0.431. The van der Waals surface area contributed by atoms with Crippen molar-refractivity contribution in [1.29, 1.82) is 0 Å². The number of hydrogen-bond acceptors (Lipinski definition) is 8. The molecule has 5 rings (SSSR count). The van der Waals surface area contributed by atoms with E-state index >= 15 is 0 Å². The number of carbonyl (C=O) groups excluding carboxylic acids is 1. The van der Waals surface area contributed by atoms with Gasteiger partial charge in [0, 0.05) is 25.0 Å². The summed E-state index contributed by atoms with van der Waals surface area (Å²) in [6, 6.07) is 11.0. The zero-order chi connectivity index (χ0) is 25.4. The van der Waals surface area contributed by atoms with E-state index in [1.807, 2.05) is 23.1 Å². The second-order valence-electron chi connectivity index (χ2n) is 8.35. The number of nitrogens with zero attached hydrogens (tertiary/aromatic N) is 4. The van der Waals surface area contributed by atoms with Crippen LogP contribution in [0.5, 0.6) is 0 Å². The molecule has 0 unspecified atom stereocenters. The van der Waals surface area contributed by atoms with E-state index in [9.17, 15) is 13.2 Å². The minimum absolute atomic E-state index is 0.0254. The summed E-state index contributed by atoms with van der Waals surface area (Å²) >= 11 is 14.0. The summed E-state index contributed by atoms with van der Waals surface area (Å²) in [6.07, 6.45) is 2.25. The summed E-state index contributed by atoms with van der Waals surface area (Å²) in [4.78, 5) is 25.5. The number of sulfonamides is 1. The van der Waals surface area contributed by atoms with E-state index in [1.54, 1.807) is 18.2 Å². The van der Waals surface area contributed by atoms with E-state index in [1.165, 1.54) is 29.9 Å². The standard InChI is InChI=1S/C23H22Cl2N6O3S2/c1-26-36(33,34)13-30-8-7-14-9-16(6-5-15(14)11-30)28-23-27-10-17-21(29-23)35-12-31(22(17)32)20-18(24)3-2-4-19(20)25/h2-6,9-10,26H,7-8,11-13H2,1H3,(H,27,28,29). The largest absolute Gasteiger partial charge is 0.324 e. The first-order valence-electron chi connectivity index (χ1n) is 11.0. The van der Waals surface area contributed by atoms with Crippen LogP contribution in [0.1, 0.15) is 21.5 Å². The van der Waals surface area contributed by atoms with E-state index in [-0.39, 0.29) is 11.8 Å². The Hall–Kier alpha value is -2.41. The fraction of sp³-hybridized carbons (Fsp3) is 0.261. The Morgan fingerprint density at radius 2 is 1.92 bits per heavy atom. The minimum atomic E-state index is -3.30. The summed E-state index contributed by atoms with van der Waals surface area (Å²) in [5.41, 5.74) is 3.91. The third-order valence-electron chi connectivity index (χ3n) is 5.98. The third kappa shape index (κ3) is 5.17. The fourth-order valence-electron chi connectivity index (χ4n) is 4.16. The van der Waals surface area contributed by atoms with Gasteiger partial charge in [0.2, 0.25) is 16.0 Å². The Bertz CT molecular complexity index is 1430. The lowest BCUT2D eigenvalue weighted by Gasteiger charge is -2.29. The fourth-order valence-corrected chi connectivity index (χ4v) is 6.54. The summed E-state index contributed by atoms with van der Waals surface area (Å²) in [7, 11) is -1.88. The van der Waals surface area contributed by atoms with Crippen LogP contribution in [0.25, 0.3) is 0 Å². The van der Waals surface area contributed by atoms with Crippen molar-refractivity contribution in [2.45, 2.75) is 18.0 Å². The minimum Gasteiger partial charge on any atom is -0.324 e. The molecule has 13 heteroatoms. The zero-order valence-corrected chi connectivity index (χ0v) is 22.3. The molecule has 2 aromatic carbocycles. The van der Waals surface area contributed by atoms with Crippen molar-refractivity contribution in [2.75, 3.05) is 35.6 Å². The van der Waals surface area contributed by atoms with Crippen LogP contribution >= 0.6 is 35.0 Å². The maximum Gasteiger partial charge on any atom is 0.263 e. The second kappa shape index (κ2) is 10.2. The predicted octanol–water partition coefficient (Wildman–Crippen LogP) is 4.10. The number of fused-ring (bicyclic) bond motifs is 2. The molecule has 9 nitrogen and oxygen atoms in total. The number of amides is 1. The molecule has 0 bridgehead atoms. The molecule has 0 spiro atoms. The molecule has 0 saturated heterocycles. The van der Waals surface area contributed by atoms with Gasteiger partial charge in [0.05, 0.1) is 27.2 Å². The van der Waals surface area contributed by atoms with E-state index in [0.717, 1.165) is 23.2 Å². The van der Waals surface area contributed by atoms with Crippen LogP contribution in [0.4, 0.5) is 17.3 Å². The molecule has 2 N–H and O–H groups in total. The molecule has 0 saturated carbocycles. The molecule has 0 fully saturated rings. The monoisotopic (exact) mass is 564 g/mol. The highest BCUT2D eigenvalue weighted by Gasteiger charge is 2.30. The number of halogens is 2. The molecule has 188 valence electrons. The number of para-hydroxylation sites is 1. The SMILES string of the molecule is CNS(=O)(=O)CN1CCc2cc(Nc3ncc4c(n3)SCN(c3c(Cl)cccc3Cl)C4=O)ccc2C1. The van der Waals surface area contributed by atoms with Crippen LogP contribution < -0.4 is 14.9 Å². The Kier molecular flexibility index (Phi) is 7.12. The number of thioether (sulfide) groups is 1. The van der Waals surface area contributed by atoms with Gasteiger partial charge in [-0.25, -0.2) is 23.1 Å². The van der Waals surface area contributed by atoms with Gasteiger partial charge < -0.3 is 5.32 Å². The molecule has 3 aromatic rings. The van der Waals surface area contributed by atoms with Gasteiger partial charge in [-0.15, -0.1) is 0 Å². The number of hydrogen-bond donors (Lipinski definition) is 2. The highest BCUT2D eigenvalue weighted by Crippen LogP contribution is 2.39. The molecule has 3 heterocycles. The van der Waals surface area contributed by atoms with Crippen LogP contribution in [0.15, 0.2) is 47.6 Å². The number of anilines is 3. The third-order valence-corrected chi connectivity index (χ3v) is 8.89. The zero-order valence-electron chi connectivity index (χ0n) is 19.2. The molecule has 0 atom stereocenters. The normalized spacial score (nSPS) is 16.0. The van der Waals surface area contributed by atoms with Crippen molar-refractivity contribution >= 4 is 68.2 Å². The summed E-state index contributed by atoms with van der Waals surface area (Å²) in [5, 5.41) is 4.60. The van der Waals surface area contributed by atoms with Gasteiger partial charge in [-0.1, -0.05) is 47.1 Å². The number of rotatable bonds is 6. The van der Waals surface area contributed by atoms with Crippen molar-refractivity contribution in [3.8, 4) is 0 Å². The average molecular weight is 566 g/mol. The number of aromatic nitrogens is 2. The average Bonchev–Trinajstić information content (AvgIpc) is 2.85. The highest BCUT2D eigenvalue weighted by atomic mass is 35.5. The van der Waals surface area contributed by atoms with Crippen molar-refractivity contribution in [3.63, 3.8) is 0 Å². The predicted molar refractivity (Wildman–Crippen MR) is 143 cm³/mol. The number of benzene rings is 2. The Morgan fingerprint density at radius 1 is 1.14 bits per heavy atom. The van der Waals surface area contributed by atoms with Crippen LogP contribution in [-0.4, -0.2) is 54.5 Å². The Balaban J connectivity index is 1.31. The van der Waals surface area contributed by atoms with Crippen LogP contribution in [0.3, 0.4) is 0 Å². The van der Waals surface area contributed by atoms with E-state index < -0.39 is 10.0 Å². The Morgan fingerprint density at radius 3 is 2.67 bits per heavy atom. The molecule has 36 heavy (non-hydrogen) atoms. The number of carbonyl (C=O) groups is 1. The van der Waals surface area contributed by atoms with Gasteiger partial charge in [-0.2, -0.15) is 0 Å². The Labute approximate surface area is 223 Å². The lowest BCUT2D eigenvalue weighted by Crippen LogP contribution is -2.38. The van der Waals surface area contributed by atoms with Gasteiger partial charge in [0.25, 0.3) is 5.91 Å². The van der Waals surface area contributed by atoms with Crippen molar-refractivity contribution in [1.82, 2.24) is 19.6 Å². The molecule has 1 amide bonds. The van der Waals surface area contributed by atoms with Gasteiger partial charge in [-0.05, 0) is 48.9 Å². The van der Waals surface area contributed by atoms with Crippen molar-refractivity contribution in [3.05, 3.63) is 69.3 Å². The summed E-state index contributed by atoms with van der Waals surface area (Å²) in [6.45, 7) is 1.22. The van der Waals surface area contributed by atoms with E-state index in [0.29, 0.717) is 51.2 Å². The van der Waals surface area contributed by atoms with Crippen LogP contribution in [0, 0.1) is 0 Å². The van der Waals surface area contributed by atoms with Crippen LogP contribution in [-0.2, 0) is 23.0 Å². The summed E-state index contributed by atoms with van der Waals surface area (Å²) in [5.74, 6) is 0.423. The molecule has 2 aliphatic heterocycles. The second-order valence-corrected chi connectivity index (χ2v) is 12.0. The van der Waals surface area contributed by atoms with Gasteiger partial charge in [-0.3, -0.25) is 14.6 Å². The lowest BCUT2D eigenvalue weighted by molar-refractivity contribution is 0.0985. The van der Waals surface area contributed by atoms with Gasteiger partial charge >= 0.3 is 0 Å². The highest BCUT2D eigenvalue weighted by molar-refractivity contribution is 7.99.